The smallest absolute Gasteiger partial charge is 0.227 e. The maximum atomic E-state index is 13.1. The molecule has 36 heavy (non-hydrogen) atoms. The molecule has 180 valence electrons. The molecule has 0 amide bonds. The van der Waals surface area contributed by atoms with E-state index in [4.69, 9.17) is 14.8 Å². The summed E-state index contributed by atoms with van der Waals surface area (Å²) >= 11 is 1.60. The molecular formula is C29H26N4O2S. The average Bonchev–Trinajstić information content (AvgIpc) is 3.34. The van der Waals surface area contributed by atoms with Gasteiger partial charge in [0.1, 0.15) is 18.4 Å². The molecule has 1 aliphatic carbocycles. The number of allylic oxidation sites excluding steroid dienone is 2. The summed E-state index contributed by atoms with van der Waals surface area (Å²) in [5.74, 6) is 2.44. The highest BCUT2D eigenvalue weighted by molar-refractivity contribution is 7.98. The second-order valence-electron chi connectivity index (χ2n) is 8.98. The van der Waals surface area contributed by atoms with E-state index >= 15 is 0 Å². The second kappa shape index (κ2) is 10.0. The Balaban J connectivity index is 1.27. The number of ether oxygens (including phenoxy) is 1. The number of nitrogens with one attached hydrogen (secondary N) is 1. The van der Waals surface area contributed by atoms with Gasteiger partial charge in [0.05, 0.1) is 0 Å². The van der Waals surface area contributed by atoms with E-state index in [2.05, 4.69) is 17.4 Å². The highest BCUT2D eigenvalue weighted by atomic mass is 32.2. The largest absolute Gasteiger partial charge is 0.489 e. The van der Waals surface area contributed by atoms with Crippen molar-refractivity contribution in [1.29, 1.82) is 0 Å². The van der Waals surface area contributed by atoms with Crippen LogP contribution in [-0.4, -0.2) is 20.5 Å². The Kier molecular flexibility index (Phi) is 6.30. The van der Waals surface area contributed by atoms with E-state index in [1.54, 1.807) is 11.8 Å². The highest BCUT2D eigenvalue weighted by Crippen LogP contribution is 2.41. The van der Waals surface area contributed by atoms with E-state index in [1.807, 2.05) is 77.5 Å². The number of aromatic nitrogens is 3. The molecule has 2 heterocycles. The standard InChI is InChI=1S/C29H26N4O2S/c34-25-13-7-12-24-26(25)27(22-14-16-23(17-15-22)35-18-20-8-3-1-4-9-20)33-28(30-24)31-29(32-33)36-19-21-10-5-2-6-11-21/h1-6,8-11,14-17,27H,7,12-13,18-19H2,(H,30,31,32). The summed E-state index contributed by atoms with van der Waals surface area (Å²) < 4.78 is 7.85. The lowest BCUT2D eigenvalue weighted by atomic mass is 9.85. The van der Waals surface area contributed by atoms with Crippen molar-refractivity contribution in [2.24, 2.45) is 0 Å². The van der Waals surface area contributed by atoms with E-state index in [9.17, 15) is 4.79 Å². The van der Waals surface area contributed by atoms with E-state index in [1.165, 1.54) is 5.56 Å². The van der Waals surface area contributed by atoms with Gasteiger partial charge in [0.15, 0.2) is 5.78 Å². The number of nitrogens with zero attached hydrogens (tertiary/aromatic N) is 3. The van der Waals surface area contributed by atoms with Crippen LogP contribution in [0.25, 0.3) is 0 Å². The molecule has 2 aliphatic rings. The summed E-state index contributed by atoms with van der Waals surface area (Å²) in [6.45, 7) is 0.510. The van der Waals surface area contributed by atoms with Crippen molar-refractivity contribution in [2.75, 3.05) is 5.32 Å². The third-order valence-electron chi connectivity index (χ3n) is 6.50. The number of ketones is 1. The van der Waals surface area contributed by atoms with Crippen molar-refractivity contribution in [3.63, 3.8) is 0 Å². The zero-order valence-corrected chi connectivity index (χ0v) is 20.6. The Labute approximate surface area is 214 Å². The number of carbonyl (C=O) groups is 1. The molecule has 1 aliphatic heterocycles. The van der Waals surface area contributed by atoms with Gasteiger partial charge in [0.25, 0.3) is 0 Å². The van der Waals surface area contributed by atoms with Gasteiger partial charge in [0.2, 0.25) is 11.1 Å². The Bertz CT molecular complexity index is 1400. The normalized spacial score (nSPS) is 16.8. The van der Waals surface area contributed by atoms with Crippen LogP contribution >= 0.6 is 11.8 Å². The van der Waals surface area contributed by atoms with Crippen molar-refractivity contribution in [3.05, 3.63) is 113 Å². The molecule has 1 unspecified atom stereocenters. The molecule has 1 atom stereocenters. The van der Waals surface area contributed by atoms with Crippen LogP contribution in [0.3, 0.4) is 0 Å². The molecule has 7 heteroatoms. The second-order valence-corrected chi connectivity index (χ2v) is 9.92. The zero-order chi connectivity index (χ0) is 24.3. The van der Waals surface area contributed by atoms with Gasteiger partial charge in [-0.1, -0.05) is 84.6 Å². The minimum absolute atomic E-state index is 0.179. The fraction of sp³-hybridized carbons (Fsp3) is 0.207. The molecule has 0 fully saturated rings. The monoisotopic (exact) mass is 494 g/mol. The molecule has 6 nitrogen and oxygen atoms in total. The zero-order valence-electron chi connectivity index (χ0n) is 19.8. The first kappa shape index (κ1) is 22.6. The number of Topliss-reactive ketones (excluding diaryl/α,β-unsaturated/α-hetero) is 1. The average molecular weight is 495 g/mol. The molecule has 4 aromatic rings. The summed E-state index contributed by atoms with van der Waals surface area (Å²) in [6.07, 6.45) is 2.26. The third-order valence-corrected chi connectivity index (χ3v) is 7.41. The van der Waals surface area contributed by atoms with Crippen LogP contribution in [0.15, 0.2) is 101 Å². The maximum absolute atomic E-state index is 13.1. The van der Waals surface area contributed by atoms with E-state index in [0.29, 0.717) is 24.1 Å². The van der Waals surface area contributed by atoms with Crippen molar-refractivity contribution in [1.82, 2.24) is 14.8 Å². The predicted molar refractivity (Wildman–Crippen MR) is 141 cm³/mol. The third kappa shape index (κ3) is 4.66. The minimum Gasteiger partial charge on any atom is -0.489 e. The number of rotatable bonds is 7. The summed E-state index contributed by atoms with van der Waals surface area (Å²) in [5, 5.41) is 8.94. The van der Waals surface area contributed by atoms with Gasteiger partial charge in [-0.15, -0.1) is 5.10 Å². The molecule has 1 N–H and O–H groups in total. The van der Waals surface area contributed by atoms with E-state index in [-0.39, 0.29) is 11.8 Å². The van der Waals surface area contributed by atoms with Gasteiger partial charge in [0, 0.05) is 23.4 Å². The summed E-state index contributed by atoms with van der Waals surface area (Å²) in [6, 6.07) is 28.1. The molecule has 3 aromatic carbocycles. The number of hydrogen-bond donors (Lipinski definition) is 1. The number of thioether (sulfide) groups is 1. The first-order chi connectivity index (χ1) is 17.7. The first-order valence-corrected chi connectivity index (χ1v) is 13.2. The first-order valence-electron chi connectivity index (χ1n) is 12.2. The van der Waals surface area contributed by atoms with E-state index in [0.717, 1.165) is 46.7 Å². The van der Waals surface area contributed by atoms with E-state index < -0.39 is 0 Å². The molecule has 0 saturated carbocycles. The lowest BCUT2D eigenvalue weighted by Gasteiger charge is -2.32. The van der Waals surface area contributed by atoms with Gasteiger partial charge >= 0.3 is 0 Å². The van der Waals surface area contributed by atoms with Crippen LogP contribution in [0.4, 0.5) is 5.95 Å². The van der Waals surface area contributed by atoms with Crippen molar-refractivity contribution in [2.45, 2.75) is 42.8 Å². The SMILES string of the molecule is O=C1CCCC2=C1C(c1ccc(OCc3ccccc3)cc1)n1nc(SCc3ccccc3)nc1N2. The number of carbonyl (C=O) groups excluding carboxylic acids is 1. The van der Waals surface area contributed by atoms with Crippen LogP contribution in [0.2, 0.25) is 0 Å². The van der Waals surface area contributed by atoms with Gasteiger partial charge in [-0.3, -0.25) is 4.79 Å². The Hall–Kier alpha value is -3.84. The highest BCUT2D eigenvalue weighted by Gasteiger charge is 2.36. The van der Waals surface area contributed by atoms with Gasteiger partial charge in [-0.25, -0.2) is 4.68 Å². The number of fused-ring (bicyclic) bond motifs is 1. The Morgan fingerprint density at radius 3 is 2.39 bits per heavy atom. The molecule has 1 aromatic heterocycles. The van der Waals surface area contributed by atoms with Gasteiger partial charge in [-0.2, -0.15) is 4.98 Å². The maximum Gasteiger partial charge on any atom is 0.227 e. The van der Waals surface area contributed by atoms with Crippen molar-refractivity contribution in [3.8, 4) is 5.75 Å². The molecule has 0 bridgehead atoms. The number of hydrogen-bond acceptors (Lipinski definition) is 6. The van der Waals surface area contributed by atoms with Crippen LogP contribution in [0, 0.1) is 0 Å². The van der Waals surface area contributed by atoms with Crippen molar-refractivity contribution >= 4 is 23.5 Å². The molecule has 6 rings (SSSR count). The quantitative estimate of drug-likeness (QED) is 0.310. The predicted octanol–water partition coefficient (Wildman–Crippen LogP) is 6.17. The van der Waals surface area contributed by atoms with Crippen LogP contribution in [0.1, 0.15) is 42.0 Å². The Morgan fingerprint density at radius 2 is 1.64 bits per heavy atom. The van der Waals surface area contributed by atoms with Crippen LogP contribution in [-0.2, 0) is 17.2 Å². The minimum atomic E-state index is -0.300. The Morgan fingerprint density at radius 1 is 0.917 bits per heavy atom. The summed E-state index contributed by atoms with van der Waals surface area (Å²) in [7, 11) is 0. The van der Waals surface area contributed by atoms with Crippen LogP contribution < -0.4 is 10.1 Å². The number of benzene rings is 3. The van der Waals surface area contributed by atoms with Crippen molar-refractivity contribution < 1.29 is 9.53 Å². The fourth-order valence-corrected chi connectivity index (χ4v) is 5.50. The lowest BCUT2D eigenvalue weighted by Crippen LogP contribution is -2.31. The summed E-state index contributed by atoms with van der Waals surface area (Å²) in [5.41, 5.74) is 5.11. The topological polar surface area (TPSA) is 69.0 Å². The lowest BCUT2D eigenvalue weighted by molar-refractivity contribution is -0.116. The molecule has 0 saturated heterocycles. The molecule has 0 radical (unpaired) electrons. The van der Waals surface area contributed by atoms with Gasteiger partial charge < -0.3 is 10.1 Å². The fourth-order valence-electron chi connectivity index (χ4n) is 4.72. The summed E-state index contributed by atoms with van der Waals surface area (Å²) in [4.78, 5) is 17.8. The molecular weight excluding hydrogens is 468 g/mol. The number of anilines is 1. The van der Waals surface area contributed by atoms with Crippen LogP contribution in [0.5, 0.6) is 5.75 Å². The molecule has 0 spiro atoms. The van der Waals surface area contributed by atoms with Gasteiger partial charge in [-0.05, 0) is 41.7 Å².